The van der Waals surface area contributed by atoms with E-state index >= 15 is 0 Å². The van der Waals surface area contributed by atoms with Gasteiger partial charge in [-0.1, -0.05) is 29.3 Å². The van der Waals surface area contributed by atoms with Crippen molar-refractivity contribution in [1.82, 2.24) is 0 Å². The first-order valence-corrected chi connectivity index (χ1v) is 6.43. The average Bonchev–Trinajstić information content (AvgIpc) is 2.28. The van der Waals surface area contributed by atoms with Crippen LogP contribution in [-0.4, -0.2) is 18.2 Å². The molecule has 0 aromatic heterocycles. The molecule has 0 radical (unpaired) electrons. The number of benzene rings is 1. The van der Waals surface area contributed by atoms with Gasteiger partial charge in [0.05, 0.1) is 13.5 Å². The molecule has 0 bridgehead atoms. The van der Waals surface area contributed by atoms with Gasteiger partial charge < -0.3 is 9.84 Å². The van der Waals surface area contributed by atoms with Gasteiger partial charge >= 0.3 is 5.97 Å². The van der Waals surface area contributed by atoms with E-state index in [4.69, 9.17) is 9.84 Å². The maximum absolute atomic E-state index is 10.9. The fourth-order valence-electron chi connectivity index (χ4n) is 1.95. The standard InChI is InChI=1S/C13H17BrO3/c1-3-4-9(7-13(15)16)11-8-10(14)5-6-12(11)17-2/h5-6,8-9H,3-4,7H2,1-2H3,(H,15,16)/t9-/m1/s1. The van der Waals surface area contributed by atoms with E-state index in [-0.39, 0.29) is 12.3 Å². The van der Waals surface area contributed by atoms with Gasteiger partial charge in [0.1, 0.15) is 5.75 Å². The number of aliphatic carboxylic acids is 1. The van der Waals surface area contributed by atoms with Crippen LogP contribution >= 0.6 is 15.9 Å². The van der Waals surface area contributed by atoms with Crippen molar-refractivity contribution in [1.29, 1.82) is 0 Å². The smallest absolute Gasteiger partial charge is 0.303 e. The zero-order valence-electron chi connectivity index (χ0n) is 10.1. The summed E-state index contributed by atoms with van der Waals surface area (Å²) < 4.78 is 6.24. The van der Waals surface area contributed by atoms with Crippen LogP contribution in [0.1, 0.15) is 37.7 Å². The molecule has 3 nitrogen and oxygen atoms in total. The third-order valence-corrected chi connectivity index (χ3v) is 3.18. The maximum Gasteiger partial charge on any atom is 0.303 e. The van der Waals surface area contributed by atoms with Crippen molar-refractivity contribution in [2.75, 3.05) is 7.11 Å². The van der Waals surface area contributed by atoms with E-state index in [1.807, 2.05) is 18.2 Å². The first-order valence-electron chi connectivity index (χ1n) is 5.63. The number of halogens is 1. The van der Waals surface area contributed by atoms with Crippen LogP contribution in [0.15, 0.2) is 22.7 Å². The summed E-state index contributed by atoms with van der Waals surface area (Å²) in [6, 6.07) is 5.71. The number of carboxylic acids is 1. The van der Waals surface area contributed by atoms with Crippen molar-refractivity contribution in [3.63, 3.8) is 0 Å². The molecule has 1 aromatic rings. The van der Waals surface area contributed by atoms with Gasteiger partial charge in [0.25, 0.3) is 0 Å². The van der Waals surface area contributed by atoms with Crippen LogP contribution in [0.5, 0.6) is 5.75 Å². The summed E-state index contributed by atoms with van der Waals surface area (Å²) in [4.78, 5) is 10.9. The minimum Gasteiger partial charge on any atom is -0.496 e. The van der Waals surface area contributed by atoms with Gasteiger partial charge in [0, 0.05) is 4.47 Å². The normalized spacial score (nSPS) is 12.2. The quantitative estimate of drug-likeness (QED) is 0.869. The third kappa shape index (κ3) is 4.04. The zero-order valence-corrected chi connectivity index (χ0v) is 11.7. The molecule has 0 unspecified atom stereocenters. The van der Waals surface area contributed by atoms with E-state index in [1.165, 1.54) is 0 Å². The van der Waals surface area contributed by atoms with Crippen molar-refractivity contribution < 1.29 is 14.6 Å². The van der Waals surface area contributed by atoms with Gasteiger partial charge in [-0.25, -0.2) is 0 Å². The number of carbonyl (C=O) groups is 1. The number of methoxy groups -OCH3 is 1. The maximum atomic E-state index is 10.9. The molecule has 1 N–H and O–H groups in total. The summed E-state index contributed by atoms with van der Waals surface area (Å²) in [5.41, 5.74) is 0.964. The van der Waals surface area contributed by atoms with Gasteiger partial charge in [-0.05, 0) is 36.1 Å². The number of hydrogen-bond donors (Lipinski definition) is 1. The van der Waals surface area contributed by atoms with E-state index in [0.29, 0.717) is 0 Å². The van der Waals surface area contributed by atoms with Gasteiger partial charge in [-0.3, -0.25) is 4.79 Å². The lowest BCUT2D eigenvalue weighted by atomic mass is 9.91. The Morgan fingerprint density at radius 3 is 2.76 bits per heavy atom. The van der Waals surface area contributed by atoms with Crippen molar-refractivity contribution in [3.05, 3.63) is 28.2 Å². The highest BCUT2D eigenvalue weighted by Gasteiger charge is 2.18. The van der Waals surface area contributed by atoms with Crippen LogP contribution in [0.2, 0.25) is 0 Å². The highest BCUT2D eigenvalue weighted by Crippen LogP contribution is 2.34. The first kappa shape index (κ1) is 14.0. The molecule has 4 heteroatoms. The molecule has 0 aliphatic rings. The van der Waals surface area contributed by atoms with Gasteiger partial charge in [0.15, 0.2) is 0 Å². The van der Waals surface area contributed by atoms with E-state index in [2.05, 4.69) is 22.9 Å². The molecule has 0 aliphatic carbocycles. The molecule has 1 rings (SSSR count). The Balaban J connectivity index is 3.06. The Kier molecular flexibility index (Phi) is 5.48. The Hall–Kier alpha value is -1.03. The molecule has 0 saturated heterocycles. The monoisotopic (exact) mass is 300 g/mol. The fourth-order valence-corrected chi connectivity index (χ4v) is 2.33. The Morgan fingerprint density at radius 2 is 2.24 bits per heavy atom. The summed E-state index contributed by atoms with van der Waals surface area (Å²) in [5, 5.41) is 8.95. The molecule has 0 amide bonds. The second-order valence-electron chi connectivity index (χ2n) is 3.97. The van der Waals surface area contributed by atoms with E-state index < -0.39 is 5.97 Å². The predicted octanol–water partition coefficient (Wildman–Crippen LogP) is 3.82. The average molecular weight is 301 g/mol. The lowest BCUT2D eigenvalue weighted by molar-refractivity contribution is -0.137. The Bertz CT molecular complexity index is 390. The van der Waals surface area contributed by atoms with E-state index in [9.17, 15) is 4.79 Å². The van der Waals surface area contributed by atoms with Crippen LogP contribution in [0.4, 0.5) is 0 Å². The molecule has 0 saturated carbocycles. The minimum atomic E-state index is -0.773. The van der Waals surface area contributed by atoms with Crippen molar-refractivity contribution in [2.24, 2.45) is 0 Å². The van der Waals surface area contributed by atoms with Crippen LogP contribution < -0.4 is 4.74 Å². The van der Waals surface area contributed by atoms with Crippen molar-refractivity contribution in [2.45, 2.75) is 32.1 Å². The summed E-state index contributed by atoms with van der Waals surface area (Å²) in [6.07, 6.45) is 1.94. The first-order chi connectivity index (χ1) is 8.08. The van der Waals surface area contributed by atoms with Gasteiger partial charge in [-0.15, -0.1) is 0 Å². The summed E-state index contributed by atoms with van der Waals surface area (Å²) in [6.45, 7) is 2.05. The zero-order chi connectivity index (χ0) is 12.8. The van der Waals surface area contributed by atoms with Crippen molar-refractivity contribution in [3.8, 4) is 5.75 Å². The largest absolute Gasteiger partial charge is 0.496 e. The molecule has 0 spiro atoms. The molecule has 0 aliphatic heterocycles. The topological polar surface area (TPSA) is 46.5 Å². The number of rotatable bonds is 6. The second-order valence-corrected chi connectivity index (χ2v) is 4.89. The molecule has 1 atom stereocenters. The molecule has 0 heterocycles. The third-order valence-electron chi connectivity index (χ3n) is 2.69. The second kappa shape index (κ2) is 6.64. The van der Waals surface area contributed by atoms with Crippen LogP contribution in [0.3, 0.4) is 0 Å². The molecule has 94 valence electrons. The van der Waals surface area contributed by atoms with E-state index in [1.54, 1.807) is 7.11 Å². The SMILES string of the molecule is CCC[C@H](CC(=O)O)c1cc(Br)ccc1OC. The summed E-state index contributed by atoms with van der Waals surface area (Å²) >= 11 is 3.41. The summed E-state index contributed by atoms with van der Waals surface area (Å²) in [7, 11) is 1.61. The lowest BCUT2D eigenvalue weighted by Crippen LogP contribution is -2.07. The summed E-state index contributed by atoms with van der Waals surface area (Å²) in [5.74, 6) is -0.0108. The fraction of sp³-hybridized carbons (Fsp3) is 0.462. The van der Waals surface area contributed by atoms with Crippen LogP contribution in [0.25, 0.3) is 0 Å². The molecule has 0 fully saturated rings. The predicted molar refractivity (Wildman–Crippen MR) is 70.6 cm³/mol. The molecule has 1 aromatic carbocycles. The lowest BCUT2D eigenvalue weighted by Gasteiger charge is -2.18. The van der Waals surface area contributed by atoms with Crippen molar-refractivity contribution >= 4 is 21.9 Å². The Labute approximate surface area is 110 Å². The molecular formula is C13H17BrO3. The Morgan fingerprint density at radius 1 is 1.53 bits per heavy atom. The minimum absolute atomic E-state index is 0.00458. The van der Waals surface area contributed by atoms with Gasteiger partial charge in [0.2, 0.25) is 0 Å². The number of hydrogen-bond acceptors (Lipinski definition) is 2. The van der Waals surface area contributed by atoms with Crippen LogP contribution in [0, 0.1) is 0 Å². The van der Waals surface area contributed by atoms with E-state index in [0.717, 1.165) is 28.6 Å². The number of carboxylic acid groups (broad SMARTS) is 1. The molecular weight excluding hydrogens is 284 g/mol. The van der Waals surface area contributed by atoms with Gasteiger partial charge in [-0.2, -0.15) is 0 Å². The number of ether oxygens (including phenoxy) is 1. The highest BCUT2D eigenvalue weighted by molar-refractivity contribution is 9.10. The van der Waals surface area contributed by atoms with Crippen LogP contribution in [-0.2, 0) is 4.79 Å². The molecule has 17 heavy (non-hydrogen) atoms. The highest BCUT2D eigenvalue weighted by atomic mass is 79.9.